The van der Waals surface area contributed by atoms with Crippen LogP contribution in [0.1, 0.15) is 24.5 Å². The number of hydrazone groups is 1. The highest BCUT2D eigenvalue weighted by molar-refractivity contribution is 6.17. The molecule has 3 aliphatic heterocycles. The number of nitrogens with one attached hydrogen (secondary N) is 1. The third-order valence-electron chi connectivity index (χ3n) is 5.80. The first-order valence-corrected chi connectivity index (χ1v) is 11.8. The maximum Gasteiger partial charge on any atom is 0.345 e. The van der Waals surface area contributed by atoms with Crippen molar-refractivity contribution in [1.29, 1.82) is 0 Å². The number of aliphatic imine (C=N–C) groups is 2. The van der Waals surface area contributed by atoms with E-state index in [9.17, 15) is 13.6 Å². The molecule has 11 heteroatoms. The van der Waals surface area contributed by atoms with Crippen molar-refractivity contribution in [2.45, 2.75) is 26.4 Å². The molecule has 2 atom stereocenters. The van der Waals surface area contributed by atoms with E-state index in [0.717, 1.165) is 41.8 Å². The molecule has 37 heavy (non-hydrogen) atoms. The number of rotatable bonds is 2. The standard InChI is InChI=1S/C20H23N7O2.C6H4F2/c1-3-26-19-17(18(21)22-12-23-19)16(25-26)8-6-14-11-15(7-5-13(14)2)24-20(28)27-9-4-10-29-27;7-5-1-2-6(8)4-3-5/h5,7,11-12,17,19H,3-4,9-10H2,1-2H3,(H,24,28)(H2,21,22,23);1-4H. The van der Waals surface area contributed by atoms with Crippen molar-refractivity contribution in [1.82, 2.24) is 10.1 Å². The van der Waals surface area contributed by atoms with Crippen LogP contribution in [0.25, 0.3) is 0 Å². The molecule has 0 aromatic heterocycles. The van der Waals surface area contributed by atoms with Crippen LogP contribution in [0, 0.1) is 36.3 Å². The summed E-state index contributed by atoms with van der Waals surface area (Å²) < 4.78 is 23.8. The number of anilines is 1. The van der Waals surface area contributed by atoms with E-state index in [-0.39, 0.29) is 18.1 Å². The van der Waals surface area contributed by atoms with Gasteiger partial charge >= 0.3 is 6.03 Å². The molecule has 3 aliphatic rings. The zero-order chi connectivity index (χ0) is 26.4. The molecule has 0 radical (unpaired) electrons. The molecular weight excluding hydrogens is 480 g/mol. The zero-order valence-electron chi connectivity index (χ0n) is 20.5. The average Bonchev–Trinajstić information content (AvgIpc) is 3.56. The zero-order valence-corrected chi connectivity index (χ0v) is 20.5. The normalized spacial score (nSPS) is 19.7. The van der Waals surface area contributed by atoms with Crippen molar-refractivity contribution in [2.24, 2.45) is 26.7 Å². The minimum Gasteiger partial charge on any atom is -0.386 e. The van der Waals surface area contributed by atoms with E-state index in [2.05, 4.69) is 32.2 Å². The molecule has 3 heterocycles. The lowest BCUT2D eigenvalue weighted by Gasteiger charge is -2.24. The predicted molar refractivity (Wildman–Crippen MR) is 138 cm³/mol. The Morgan fingerprint density at radius 1 is 1.19 bits per heavy atom. The Kier molecular flexibility index (Phi) is 8.10. The van der Waals surface area contributed by atoms with Gasteiger partial charge in [-0.25, -0.2) is 28.6 Å². The highest BCUT2D eigenvalue weighted by atomic mass is 19.1. The van der Waals surface area contributed by atoms with E-state index >= 15 is 0 Å². The molecule has 3 N–H and O–H groups in total. The number of fused-ring (bicyclic) bond motifs is 1. The monoisotopic (exact) mass is 507 g/mol. The molecular formula is C26H27F2N7O2. The number of hydrogen-bond acceptors (Lipinski definition) is 7. The Labute approximate surface area is 213 Å². The van der Waals surface area contributed by atoms with Gasteiger partial charge in [0.1, 0.15) is 35.4 Å². The van der Waals surface area contributed by atoms with E-state index < -0.39 is 11.6 Å². The number of urea groups is 1. The summed E-state index contributed by atoms with van der Waals surface area (Å²) >= 11 is 0. The lowest BCUT2D eigenvalue weighted by Crippen LogP contribution is -2.42. The van der Waals surface area contributed by atoms with Gasteiger partial charge in [-0.3, -0.25) is 9.85 Å². The van der Waals surface area contributed by atoms with Crippen LogP contribution in [-0.2, 0) is 4.84 Å². The number of hydroxylamine groups is 2. The number of carbonyl (C=O) groups excluding carboxylic acids is 1. The maximum atomic E-state index is 12.2. The van der Waals surface area contributed by atoms with Gasteiger partial charge in [-0.1, -0.05) is 12.0 Å². The first-order chi connectivity index (χ1) is 17.9. The Balaban J connectivity index is 0.000000342. The number of amides is 2. The first-order valence-electron chi connectivity index (χ1n) is 11.8. The van der Waals surface area contributed by atoms with E-state index in [1.807, 2.05) is 37.1 Å². The minimum atomic E-state index is -0.411. The van der Waals surface area contributed by atoms with Gasteiger partial charge in [0.15, 0.2) is 6.17 Å². The summed E-state index contributed by atoms with van der Waals surface area (Å²) in [5.74, 6) is 5.73. The summed E-state index contributed by atoms with van der Waals surface area (Å²) in [4.78, 5) is 26.0. The van der Waals surface area contributed by atoms with Crippen molar-refractivity contribution in [3.8, 4) is 11.8 Å². The molecule has 2 unspecified atom stereocenters. The number of nitrogens with zero attached hydrogens (tertiary/aromatic N) is 5. The summed E-state index contributed by atoms with van der Waals surface area (Å²) in [6.07, 6.45) is 2.13. The van der Waals surface area contributed by atoms with E-state index in [4.69, 9.17) is 10.6 Å². The third kappa shape index (κ3) is 6.29. The topological polar surface area (TPSA) is 108 Å². The summed E-state index contributed by atoms with van der Waals surface area (Å²) in [6, 6.07) is 9.64. The van der Waals surface area contributed by atoms with E-state index in [0.29, 0.717) is 36.9 Å². The first kappa shape index (κ1) is 25.8. The highest BCUT2D eigenvalue weighted by Crippen LogP contribution is 2.25. The van der Waals surface area contributed by atoms with Gasteiger partial charge in [0.05, 0.1) is 13.2 Å². The second-order valence-corrected chi connectivity index (χ2v) is 8.39. The van der Waals surface area contributed by atoms with Gasteiger partial charge in [0, 0.05) is 17.8 Å². The van der Waals surface area contributed by atoms with Crippen LogP contribution in [0.3, 0.4) is 0 Å². The van der Waals surface area contributed by atoms with Crippen molar-refractivity contribution >= 4 is 29.6 Å². The smallest absolute Gasteiger partial charge is 0.345 e. The van der Waals surface area contributed by atoms with Crippen LogP contribution in [0.2, 0.25) is 0 Å². The van der Waals surface area contributed by atoms with Crippen LogP contribution in [-0.4, -0.2) is 59.9 Å². The SMILES string of the molecule is CCN1N=C(C#Cc2cc(NC(=O)N3CCCO3)ccc2C)C2C(N)=NC=NC21.Fc1ccc(F)cc1. The molecule has 9 nitrogen and oxygen atoms in total. The Morgan fingerprint density at radius 3 is 2.57 bits per heavy atom. The lowest BCUT2D eigenvalue weighted by molar-refractivity contribution is -0.0614. The Morgan fingerprint density at radius 2 is 1.92 bits per heavy atom. The van der Waals surface area contributed by atoms with Crippen molar-refractivity contribution in [2.75, 3.05) is 25.0 Å². The summed E-state index contributed by atoms with van der Waals surface area (Å²) in [6.45, 7) is 5.84. The molecule has 0 spiro atoms. The molecule has 0 saturated carbocycles. The molecule has 5 rings (SSSR count). The third-order valence-corrected chi connectivity index (χ3v) is 5.80. The largest absolute Gasteiger partial charge is 0.386 e. The van der Waals surface area contributed by atoms with Gasteiger partial charge in [-0.2, -0.15) is 5.10 Å². The fourth-order valence-electron chi connectivity index (χ4n) is 3.83. The molecule has 2 aromatic carbocycles. The number of carbonyl (C=O) groups is 1. The van der Waals surface area contributed by atoms with Gasteiger partial charge in [-0.15, -0.1) is 0 Å². The molecule has 192 valence electrons. The summed E-state index contributed by atoms with van der Waals surface area (Å²) in [7, 11) is 0. The second-order valence-electron chi connectivity index (χ2n) is 8.39. The second kappa shape index (κ2) is 11.6. The predicted octanol–water partition coefficient (Wildman–Crippen LogP) is 3.51. The summed E-state index contributed by atoms with van der Waals surface area (Å²) in [5, 5.41) is 10.6. The average molecular weight is 508 g/mol. The van der Waals surface area contributed by atoms with Gasteiger partial charge in [-0.05, 0) is 68.2 Å². The van der Waals surface area contributed by atoms with Crippen LogP contribution in [0.5, 0.6) is 0 Å². The number of halogens is 2. The van der Waals surface area contributed by atoms with Crippen molar-refractivity contribution in [3.63, 3.8) is 0 Å². The molecule has 2 amide bonds. The van der Waals surface area contributed by atoms with E-state index in [1.54, 1.807) is 0 Å². The van der Waals surface area contributed by atoms with Crippen LogP contribution in [0.4, 0.5) is 19.3 Å². The number of nitrogens with two attached hydrogens (primary N) is 1. The fourth-order valence-corrected chi connectivity index (χ4v) is 3.83. The van der Waals surface area contributed by atoms with Gasteiger partial charge in [0.25, 0.3) is 0 Å². The molecule has 1 saturated heterocycles. The number of amidine groups is 1. The summed E-state index contributed by atoms with van der Waals surface area (Å²) in [5.41, 5.74) is 9.19. The Hall–Kier alpha value is -4.30. The van der Waals surface area contributed by atoms with Crippen LogP contribution in [0.15, 0.2) is 57.6 Å². The van der Waals surface area contributed by atoms with Crippen LogP contribution < -0.4 is 11.1 Å². The number of hydrogen-bond donors (Lipinski definition) is 2. The number of aryl methyl sites for hydroxylation is 1. The molecule has 0 aliphatic carbocycles. The van der Waals surface area contributed by atoms with Gasteiger partial charge < -0.3 is 11.1 Å². The van der Waals surface area contributed by atoms with Crippen molar-refractivity contribution in [3.05, 3.63) is 65.2 Å². The van der Waals surface area contributed by atoms with E-state index in [1.165, 1.54) is 11.4 Å². The Bertz CT molecular complexity index is 1270. The molecule has 1 fully saturated rings. The van der Waals surface area contributed by atoms with Crippen molar-refractivity contribution < 1.29 is 18.4 Å². The number of benzene rings is 2. The molecule has 2 aromatic rings. The lowest BCUT2D eigenvalue weighted by atomic mass is 9.98. The van der Waals surface area contributed by atoms with Crippen LogP contribution >= 0.6 is 0 Å². The minimum absolute atomic E-state index is 0.186. The highest BCUT2D eigenvalue weighted by Gasteiger charge is 2.39. The van der Waals surface area contributed by atoms with Gasteiger partial charge in [0.2, 0.25) is 0 Å². The quantitative estimate of drug-likeness (QED) is 0.607. The fraction of sp³-hybridized carbons (Fsp3) is 0.308. The molecule has 0 bridgehead atoms. The maximum absolute atomic E-state index is 12.2.